The number of aromatic nitrogens is 1. The second kappa shape index (κ2) is 8.32. The molecule has 1 aromatic heterocycles. The molecule has 1 atom stereocenters. The molecule has 4 heteroatoms. The first-order valence-electron chi connectivity index (χ1n) is 8.05. The number of pyridine rings is 1. The van der Waals surface area contributed by atoms with Crippen molar-refractivity contribution in [3.63, 3.8) is 0 Å². The van der Waals surface area contributed by atoms with Gasteiger partial charge in [-0.25, -0.2) is 0 Å². The molecule has 0 spiro atoms. The minimum atomic E-state index is -0.00741. The van der Waals surface area contributed by atoms with E-state index < -0.39 is 0 Å². The quantitative estimate of drug-likeness (QED) is 0.799. The summed E-state index contributed by atoms with van der Waals surface area (Å²) in [5, 5.41) is 2.94. The highest BCUT2D eigenvalue weighted by Gasteiger charge is 2.12. The summed E-state index contributed by atoms with van der Waals surface area (Å²) < 4.78 is 1.65. The molecule has 23 heavy (non-hydrogen) atoms. The van der Waals surface area contributed by atoms with Gasteiger partial charge in [-0.2, -0.15) is 0 Å². The molecule has 2 rings (SSSR count). The van der Waals surface area contributed by atoms with Gasteiger partial charge in [0.15, 0.2) is 0 Å². The van der Waals surface area contributed by atoms with Crippen molar-refractivity contribution in [3.05, 3.63) is 70.1 Å². The predicted octanol–water partition coefficient (Wildman–Crippen LogP) is 2.86. The summed E-state index contributed by atoms with van der Waals surface area (Å²) in [6, 6.07) is 13.3. The van der Waals surface area contributed by atoms with Crippen molar-refractivity contribution in [2.75, 3.05) is 6.54 Å². The van der Waals surface area contributed by atoms with Crippen molar-refractivity contribution in [1.82, 2.24) is 9.88 Å². The molecule has 0 aliphatic carbocycles. The second-order valence-corrected chi connectivity index (χ2v) is 5.90. The lowest BCUT2D eigenvalue weighted by atomic mass is 9.93. The summed E-state index contributed by atoms with van der Waals surface area (Å²) in [6.45, 7) is 5.35. The number of benzene rings is 1. The van der Waals surface area contributed by atoms with Gasteiger partial charge in [-0.3, -0.25) is 9.59 Å². The number of nitrogens with zero attached hydrogens (tertiary/aromatic N) is 1. The third-order valence-corrected chi connectivity index (χ3v) is 4.01. The van der Waals surface area contributed by atoms with Crippen LogP contribution in [0, 0.1) is 6.92 Å². The Morgan fingerprint density at radius 2 is 1.91 bits per heavy atom. The Bertz CT molecular complexity index is 706. The molecular formula is C19H24N2O2. The lowest BCUT2D eigenvalue weighted by molar-refractivity contribution is -0.121. The van der Waals surface area contributed by atoms with Crippen LogP contribution >= 0.6 is 0 Å². The van der Waals surface area contributed by atoms with E-state index in [1.165, 1.54) is 11.1 Å². The summed E-state index contributed by atoms with van der Waals surface area (Å²) in [5.41, 5.74) is 2.43. The fourth-order valence-electron chi connectivity index (χ4n) is 2.72. The van der Waals surface area contributed by atoms with Gasteiger partial charge in [-0.15, -0.1) is 0 Å². The average Bonchev–Trinajstić information content (AvgIpc) is 2.53. The Kier molecular flexibility index (Phi) is 6.15. The molecule has 122 valence electrons. The van der Waals surface area contributed by atoms with E-state index in [1.54, 1.807) is 22.9 Å². The van der Waals surface area contributed by atoms with Gasteiger partial charge in [0.2, 0.25) is 11.5 Å². The van der Waals surface area contributed by atoms with E-state index in [0.717, 1.165) is 6.42 Å². The Labute approximate surface area is 137 Å². The Balaban J connectivity index is 1.74. The van der Waals surface area contributed by atoms with Crippen LogP contribution in [0.4, 0.5) is 0 Å². The van der Waals surface area contributed by atoms with Crippen molar-refractivity contribution in [2.24, 2.45) is 0 Å². The number of aryl methyl sites for hydroxylation is 2. The lowest BCUT2D eigenvalue weighted by Crippen LogP contribution is -2.27. The van der Waals surface area contributed by atoms with Crippen LogP contribution in [0.1, 0.15) is 36.8 Å². The summed E-state index contributed by atoms with van der Waals surface area (Å²) in [4.78, 5) is 23.6. The summed E-state index contributed by atoms with van der Waals surface area (Å²) in [5.74, 6) is 0.258. The number of carbonyl (C=O) groups is 1. The van der Waals surface area contributed by atoms with E-state index in [2.05, 4.69) is 31.3 Å². The van der Waals surface area contributed by atoms with Gasteiger partial charge in [0.05, 0.1) is 0 Å². The van der Waals surface area contributed by atoms with Crippen molar-refractivity contribution >= 4 is 5.91 Å². The monoisotopic (exact) mass is 312 g/mol. The summed E-state index contributed by atoms with van der Waals surface area (Å²) >= 11 is 0. The smallest absolute Gasteiger partial charge is 0.250 e. The van der Waals surface area contributed by atoms with Crippen LogP contribution in [0.15, 0.2) is 53.5 Å². The van der Waals surface area contributed by atoms with Gasteiger partial charge in [0.25, 0.3) is 0 Å². The fraction of sp³-hybridized carbons (Fsp3) is 0.368. The standard InChI is InChI=1S/C19H24N2O2/c1-15-8-3-4-9-17(15)16(2)14-18(22)20-11-7-13-21-12-6-5-10-19(21)23/h3-6,8-10,12,16H,7,11,13-14H2,1-2H3,(H,20,22). The molecule has 0 saturated heterocycles. The molecule has 1 amide bonds. The highest BCUT2D eigenvalue weighted by Crippen LogP contribution is 2.21. The molecule has 4 nitrogen and oxygen atoms in total. The maximum atomic E-state index is 12.0. The molecule has 0 bridgehead atoms. The molecule has 0 aliphatic rings. The first-order chi connectivity index (χ1) is 11.1. The molecule has 1 N–H and O–H groups in total. The number of rotatable bonds is 7. The van der Waals surface area contributed by atoms with E-state index in [-0.39, 0.29) is 17.4 Å². The fourth-order valence-corrected chi connectivity index (χ4v) is 2.72. The zero-order valence-corrected chi connectivity index (χ0v) is 13.8. The van der Waals surface area contributed by atoms with E-state index in [1.807, 2.05) is 18.2 Å². The largest absolute Gasteiger partial charge is 0.356 e. The minimum absolute atomic E-state index is 0.00741. The van der Waals surface area contributed by atoms with Gasteiger partial charge < -0.3 is 9.88 Å². The summed E-state index contributed by atoms with van der Waals surface area (Å²) in [7, 11) is 0. The molecule has 0 saturated carbocycles. The van der Waals surface area contributed by atoms with E-state index in [0.29, 0.717) is 19.5 Å². The molecule has 1 unspecified atom stereocenters. The molecule has 0 radical (unpaired) electrons. The molecule has 2 aromatic rings. The molecule has 1 heterocycles. The third kappa shape index (κ3) is 5.09. The molecule has 1 aromatic carbocycles. The Morgan fingerprint density at radius 1 is 1.17 bits per heavy atom. The zero-order chi connectivity index (χ0) is 16.7. The Hall–Kier alpha value is -2.36. The van der Waals surface area contributed by atoms with Crippen molar-refractivity contribution in [3.8, 4) is 0 Å². The summed E-state index contributed by atoms with van der Waals surface area (Å²) in [6.07, 6.45) is 2.99. The topological polar surface area (TPSA) is 51.1 Å². The highest BCUT2D eigenvalue weighted by molar-refractivity contribution is 5.76. The predicted molar refractivity (Wildman–Crippen MR) is 92.5 cm³/mol. The van der Waals surface area contributed by atoms with Crippen molar-refractivity contribution in [2.45, 2.75) is 39.2 Å². The van der Waals surface area contributed by atoms with Crippen LogP contribution in [-0.2, 0) is 11.3 Å². The van der Waals surface area contributed by atoms with Crippen LogP contribution in [0.2, 0.25) is 0 Å². The van der Waals surface area contributed by atoms with Gasteiger partial charge >= 0.3 is 0 Å². The molecular weight excluding hydrogens is 288 g/mol. The van der Waals surface area contributed by atoms with Crippen LogP contribution in [0.3, 0.4) is 0 Å². The number of hydrogen-bond donors (Lipinski definition) is 1. The maximum Gasteiger partial charge on any atom is 0.250 e. The van der Waals surface area contributed by atoms with Crippen LogP contribution < -0.4 is 10.9 Å². The van der Waals surface area contributed by atoms with Gasteiger partial charge in [-0.1, -0.05) is 37.3 Å². The van der Waals surface area contributed by atoms with Crippen LogP contribution in [-0.4, -0.2) is 17.0 Å². The minimum Gasteiger partial charge on any atom is -0.356 e. The van der Waals surface area contributed by atoms with Crippen molar-refractivity contribution in [1.29, 1.82) is 0 Å². The average molecular weight is 312 g/mol. The van der Waals surface area contributed by atoms with Gasteiger partial charge in [0.1, 0.15) is 0 Å². The SMILES string of the molecule is Cc1ccccc1C(C)CC(=O)NCCCn1ccccc1=O. The van der Waals surface area contributed by atoms with Crippen LogP contribution in [0.5, 0.6) is 0 Å². The highest BCUT2D eigenvalue weighted by atomic mass is 16.1. The van der Waals surface area contributed by atoms with Gasteiger partial charge in [0, 0.05) is 31.8 Å². The first-order valence-corrected chi connectivity index (χ1v) is 8.05. The van der Waals surface area contributed by atoms with E-state index >= 15 is 0 Å². The molecule has 0 fully saturated rings. The Morgan fingerprint density at radius 3 is 2.65 bits per heavy atom. The van der Waals surface area contributed by atoms with E-state index in [4.69, 9.17) is 0 Å². The van der Waals surface area contributed by atoms with Crippen molar-refractivity contribution < 1.29 is 4.79 Å². The number of carbonyl (C=O) groups excluding carboxylic acids is 1. The van der Waals surface area contributed by atoms with E-state index in [9.17, 15) is 9.59 Å². The first kappa shape index (κ1) is 17.0. The number of nitrogens with one attached hydrogen (secondary N) is 1. The van der Waals surface area contributed by atoms with Gasteiger partial charge in [-0.05, 0) is 36.5 Å². The normalized spacial score (nSPS) is 11.9. The van der Waals surface area contributed by atoms with Crippen LogP contribution in [0.25, 0.3) is 0 Å². The zero-order valence-electron chi connectivity index (χ0n) is 13.8. The second-order valence-electron chi connectivity index (χ2n) is 5.90. The lowest BCUT2D eigenvalue weighted by Gasteiger charge is -2.14. The number of amides is 1. The maximum absolute atomic E-state index is 12.0. The molecule has 0 aliphatic heterocycles. The number of hydrogen-bond acceptors (Lipinski definition) is 2. The third-order valence-electron chi connectivity index (χ3n) is 4.01.